The predicted molar refractivity (Wildman–Crippen MR) is 88.6 cm³/mol. The number of nitrogens with one attached hydrogen (secondary N) is 1. The highest BCUT2D eigenvalue weighted by molar-refractivity contribution is 5.87. The van der Waals surface area contributed by atoms with Gasteiger partial charge in [-0.2, -0.15) is 0 Å². The number of hydrogen-bond acceptors (Lipinski definition) is 4. The Morgan fingerprint density at radius 3 is 2.22 bits per heavy atom. The number of carboxylic acids is 1. The van der Waals surface area contributed by atoms with Crippen LogP contribution in [0, 0.1) is 11.8 Å². The summed E-state index contributed by atoms with van der Waals surface area (Å²) in [6.45, 7) is 7.45. The molecule has 132 valence electrons. The van der Waals surface area contributed by atoms with Gasteiger partial charge < -0.3 is 21.1 Å². The van der Waals surface area contributed by atoms with Crippen LogP contribution in [0.5, 0.6) is 0 Å². The summed E-state index contributed by atoms with van der Waals surface area (Å²) in [5.74, 6) is -2.22. The fourth-order valence-corrected chi connectivity index (χ4v) is 2.26. The van der Waals surface area contributed by atoms with Crippen molar-refractivity contribution < 1.29 is 19.5 Å². The van der Waals surface area contributed by atoms with E-state index in [0.717, 1.165) is 0 Å². The first-order valence-electron chi connectivity index (χ1n) is 7.70. The van der Waals surface area contributed by atoms with E-state index in [9.17, 15) is 19.5 Å². The van der Waals surface area contributed by atoms with Crippen molar-refractivity contribution in [2.24, 2.45) is 17.6 Å². The van der Waals surface area contributed by atoms with Gasteiger partial charge in [-0.25, -0.2) is 4.79 Å². The third kappa shape index (κ3) is 7.78. The van der Waals surface area contributed by atoms with E-state index in [1.54, 1.807) is 20.2 Å². The Balaban J connectivity index is 4.96. The number of aliphatic carboxylic acids is 1. The molecule has 0 aliphatic heterocycles. The molecule has 0 bridgehead atoms. The smallest absolute Gasteiger partial charge is 0.326 e. The average molecular weight is 327 g/mol. The van der Waals surface area contributed by atoms with Gasteiger partial charge in [0.05, 0.1) is 6.04 Å². The fourth-order valence-electron chi connectivity index (χ4n) is 2.26. The molecule has 0 saturated heterocycles. The normalized spacial score (nSPS) is 14.7. The molecule has 0 heterocycles. The lowest BCUT2D eigenvalue weighted by atomic mass is 9.94. The summed E-state index contributed by atoms with van der Waals surface area (Å²) in [6, 6.07) is -1.92. The van der Waals surface area contributed by atoms with Crippen molar-refractivity contribution in [1.82, 2.24) is 10.2 Å². The van der Waals surface area contributed by atoms with Crippen molar-refractivity contribution in [3.05, 3.63) is 12.7 Å². The van der Waals surface area contributed by atoms with Gasteiger partial charge >= 0.3 is 5.97 Å². The van der Waals surface area contributed by atoms with E-state index in [4.69, 9.17) is 5.73 Å². The summed E-state index contributed by atoms with van der Waals surface area (Å²) < 4.78 is 0. The van der Waals surface area contributed by atoms with Crippen LogP contribution in [0.4, 0.5) is 0 Å². The number of amides is 2. The topological polar surface area (TPSA) is 113 Å². The molecule has 4 N–H and O–H groups in total. The summed E-state index contributed by atoms with van der Waals surface area (Å²) in [5, 5.41) is 11.8. The zero-order valence-electron chi connectivity index (χ0n) is 14.4. The highest BCUT2D eigenvalue weighted by Crippen LogP contribution is 2.15. The SMILES string of the molecule is C=CCC(CC(NC(=O)C(N)CC(C)C)C(=O)O)C(=O)N(C)C. The lowest BCUT2D eigenvalue weighted by molar-refractivity contribution is -0.143. The van der Waals surface area contributed by atoms with Crippen molar-refractivity contribution >= 4 is 17.8 Å². The number of rotatable bonds is 10. The number of carbonyl (C=O) groups excluding carboxylic acids is 2. The molecule has 0 aromatic heterocycles. The number of carbonyl (C=O) groups is 3. The number of hydrogen-bond donors (Lipinski definition) is 3. The minimum atomic E-state index is -1.18. The van der Waals surface area contributed by atoms with E-state index in [2.05, 4.69) is 11.9 Å². The largest absolute Gasteiger partial charge is 0.480 e. The molecule has 0 radical (unpaired) electrons. The highest BCUT2D eigenvalue weighted by Gasteiger charge is 2.29. The van der Waals surface area contributed by atoms with E-state index >= 15 is 0 Å². The van der Waals surface area contributed by atoms with Gasteiger partial charge in [0, 0.05) is 20.0 Å². The van der Waals surface area contributed by atoms with Crippen LogP contribution >= 0.6 is 0 Å². The maximum Gasteiger partial charge on any atom is 0.326 e. The molecule has 3 atom stereocenters. The van der Waals surface area contributed by atoms with E-state index in [-0.39, 0.29) is 18.2 Å². The minimum absolute atomic E-state index is 0.00148. The number of nitrogens with two attached hydrogens (primary N) is 1. The summed E-state index contributed by atoms with van der Waals surface area (Å²) in [5.41, 5.74) is 5.77. The van der Waals surface area contributed by atoms with Crippen LogP contribution in [0.1, 0.15) is 33.1 Å². The second-order valence-corrected chi connectivity index (χ2v) is 6.33. The maximum absolute atomic E-state index is 12.1. The molecule has 23 heavy (non-hydrogen) atoms. The van der Waals surface area contributed by atoms with E-state index < -0.39 is 29.9 Å². The van der Waals surface area contributed by atoms with Crippen molar-refractivity contribution in [1.29, 1.82) is 0 Å². The van der Waals surface area contributed by atoms with Gasteiger partial charge in [0.1, 0.15) is 6.04 Å². The van der Waals surface area contributed by atoms with Crippen LogP contribution in [0.25, 0.3) is 0 Å². The first-order chi connectivity index (χ1) is 10.6. The molecule has 7 nitrogen and oxygen atoms in total. The van der Waals surface area contributed by atoms with Crippen LogP contribution in [0.3, 0.4) is 0 Å². The zero-order valence-corrected chi connectivity index (χ0v) is 14.4. The molecule has 0 aliphatic carbocycles. The Kier molecular flexibility index (Phi) is 9.17. The Labute approximate surface area is 137 Å². The molecule has 0 aromatic carbocycles. The molecule has 0 fully saturated rings. The van der Waals surface area contributed by atoms with Crippen molar-refractivity contribution in [2.45, 2.75) is 45.2 Å². The second kappa shape index (κ2) is 9.99. The maximum atomic E-state index is 12.1. The Morgan fingerprint density at radius 2 is 1.83 bits per heavy atom. The highest BCUT2D eigenvalue weighted by atomic mass is 16.4. The monoisotopic (exact) mass is 327 g/mol. The Morgan fingerprint density at radius 1 is 1.26 bits per heavy atom. The minimum Gasteiger partial charge on any atom is -0.480 e. The third-order valence-corrected chi connectivity index (χ3v) is 3.44. The number of allylic oxidation sites excluding steroid dienone is 1. The van der Waals surface area contributed by atoms with Crippen LogP contribution < -0.4 is 11.1 Å². The quantitative estimate of drug-likeness (QED) is 0.509. The Hall–Kier alpha value is -1.89. The van der Waals surface area contributed by atoms with Gasteiger partial charge in [0.2, 0.25) is 11.8 Å². The summed E-state index contributed by atoms with van der Waals surface area (Å²) >= 11 is 0. The lowest BCUT2D eigenvalue weighted by Gasteiger charge is -2.24. The van der Waals surface area contributed by atoms with Gasteiger partial charge in [-0.05, 0) is 25.2 Å². The Bertz CT molecular complexity index is 435. The molecular formula is C16H29N3O4. The van der Waals surface area contributed by atoms with Crippen LogP contribution in [-0.2, 0) is 14.4 Å². The fraction of sp³-hybridized carbons (Fsp3) is 0.688. The average Bonchev–Trinajstić information content (AvgIpc) is 2.43. The second-order valence-electron chi connectivity index (χ2n) is 6.33. The van der Waals surface area contributed by atoms with Gasteiger partial charge in [-0.3, -0.25) is 9.59 Å². The molecule has 0 aliphatic rings. The third-order valence-electron chi connectivity index (χ3n) is 3.44. The van der Waals surface area contributed by atoms with Crippen LogP contribution in [0.15, 0.2) is 12.7 Å². The van der Waals surface area contributed by atoms with E-state index in [1.807, 2.05) is 13.8 Å². The van der Waals surface area contributed by atoms with Crippen LogP contribution in [-0.4, -0.2) is 54.0 Å². The molecule has 7 heteroatoms. The summed E-state index contributed by atoms with van der Waals surface area (Å²) in [6.07, 6.45) is 2.37. The molecule has 0 saturated carbocycles. The molecule has 3 unspecified atom stereocenters. The van der Waals surface area contributed by atoms with Crippen molar-refractivity contribution in [2.75, 3.05) is 14.1 Å². The first-order valence-corrected chi connectivity index (χ1v) is 7.70. The molecule has 2 amide bonds. The van der Waals surface area contributed by atoms with Gasteiger partial charge in [0.25, 0.3) is 0 Å². The molecule has 0 aromatic rings. The molecular weight excluding hydrogens is 298 g/mol. The summed E-state index contributed by atoms with van der Waals surface area (Å²) in [7, 11) is 3.21. The van der Waals surface area contributed by atoms with Gasteiger partial charge in [-0.15, -0.1) is 6.58 Å². The standard InChI is InChI=1S/C16H29N3O4/c1-6-7-11(15(21)19(4)5)9-13(16(22)23)18-14(20)12(17)8-10(2)3/h6,10-13H,1,7-9,17H2,2-5H3,(H,18,20)(H,22,23). The zero-order chi connectivity index (χ0) is 18.2. The molecule has 0 spiro atoms. The van der Waals surface area contributed by atoms with E-state index in [0.29, 0.717) is 12.8 Å². The van der Waals surface area contributed by atoms with Crippen LogP contribution in [0.2, 0.25) is 0 Å². The first kappa shape index (κ1) is 21.1. The van der Waals surface area contributed by atoms with Gasteiger partial charge in [0.15, 0.2) is 0 Å². The number of nitrogens with zero attached hydrogens (tertiary/aromatic N) is 1. The van der Waals surface area contributed by atoms with Gasteiger partial charge in [-0.1, -0.05) is 19.9 Å². The van der Waals surface area contributed by atoms with Crippen molar-refractivity contribution in [3.63, 3.8) is 0 Å². The van der Waals surface area contributed by atoms with Crippen molar-refractivity contribution in [3.8, 4) is 0 Å². The van der Waals surface area contributed by atoms with E-state index in [1.165, 1.54) is 4.90 Å². The summed E-state index contributed by atoms with van der Waals surface area (Å²) in [4.78, 5) is 36.9. The molecule has 0 rings (SSSR count). The lowest BCUT2D eigenvalue weighted by Crippen LogP contribution is -2.50. The number of carboxylic acid groups (broad SMARTS) is 1. The predicted octanol–water partition coefficient (Wildman–Crippen LogP) is 0.600.